The molecule has 0 spiro atoms. The summed E-state index contributed by atoms with van der Waals surface area (Å²) < 4.78 is 13.9. The molecule has 0 aromatic heterocycles. The molecule has 0 heterocycles. The van der Waals surface area contributed by atoms with Gasteiger partial charge in [-0.25, -0.2) is 4.39 Å². The molecule has 0 aliphatic heterocycles. The van der Waals surface area contributed by atoms with E-state index in [0.717, 1.165) is 17.8 Å². The van der Waals surface area contributed by atoms with Crippen LogP contribution in [-0.2, 0) is 6.54 Å². The third-order valence-electron chi connectivity index (χ3n) is 3.24. The first kappa shape index (κ1) is 14.1. The summed E-state index contributed by atoms with van der Waals surface area (Å²) in [6.45, 7) is 6.83. The highest BCUT2D eigenvalue weighted by atomic mass is 79.9. The van der Waals surface area contributed by atoms with E-state index in [1.807, 2.05) is 6.92 Å². The van der Waals surface area contributed by atoms with Gasteiger partial charge in [0, 0.05) is 12.2 Å². The van der Waals surface area contributed by atoms with Gasteiger partial charge in [-0.05, 0) is 65.5 Å². The Morgan fingerprint density at radius 1 is 1.05 bits per heavy atom. The average molecular weight is 322 g/mol. The molecule has 0 aliphatic carbocycles. The second-order valence-corrected chi connectivity index (χ2v) is 5.72. The maximum absolute atomic E-state index is 13.4. The summed E-state index contributed by atoms with van der Waals surface area (Å²) in [7, 11) is 0. The SMILES string of the molecule is Cc1ccc(C)c(CNc2cc(Br)c(F)cc2C)c1. The molecule has 0 unspecified atom stereocenters. The summed E-state index contributed by atoms with van der Waals surface area (Å²) in [4.78, 5) is 0. The largest absolute Gasteiger partial charge is 0.381 e. The third kappa shape index (κ3) is 3.35. The minimum Gasteiger partial charge on any atom is -0.381 e. The van der Waals surface area contributed by atoms with E-state index in [2.05, 4.69) is 53.3 Å². The van der Waals surface area contributed by atoms with E-state index in [4.69, 9.17) is 0 Å². The van der Waals surface area contributed by atoms with Crippen molar-refractivity contribution in [3.05, 3.63) is 62.9 Å². The molecule has 100 valence electrons. The molecule has 19 heavy (non-hydrogen) atoms. The molecular weight excluding hydrogens is 305 g/mol. The van der Waals surface area contributed by atoms with Crippen molar-refractivity contribution >= 4 is 21.6 Å². The molecule has 0 atom stereocenters. The third-order valence-corrected chi connectivity index (χ3v) is 3.85. The van der Waals surface area contributed by atoms with E-state index in [-0.39, 0.29) is 5.82 Å². The Hall–Kier alpha value is -1.35. The summed E-state index contributed by atoms with van der Waals surface area (Å²) in [5.41, 5.74) is 5.64. The summed E-state index contributed by atoms with van der Waals surface area (Å²) in [5, 5.41) is 3.37. The lowest BCUT2D eigenvalue weighted by Crippen LogP contribution is -2.03. The van der Waals surface area contributed by atoms with Crippen LogP contribution in [0.5, 0.6) is 0 Å². The van der Waals surface area contributed by atoms with Crippen LogP contribution in [0.4, 0.5) is 10.1 Å². The smallest absolute Gasteiger partial charge is 0.137 e. The summed E-state index contributed by atoms with van der Waals surface area (Å²) in [5.74, 6) is -0.227. The van der Waals surface area contributed by atoms with Crippen molar-refractivity contribution in [1.82, 2.24) is 0 Å². The standard InChI is InChI=1S/C16H17BrFN/c1-10-4-5-11(2)13(6-10)9-19-16-8-14(17)15(18)7-12(16)3/h4-8,19H,9H2,1-3H3. The van der Waals surface area contributed by atoms with Crippen LogP contribution in [0.1, 0.15) is 22.3 Å². The van der Waals surface area contributed by atoms with Gasteiger partial charge in [0.15, 0.2) is 0 Å². The van der Waals surface area contributed by atoms with Gasteiger partial charge >= 0.3 is 0 Å². The van der Waals surface area contributed by atoms with Gasteiger partial charge in [-0.15, -0.1) is 0 Å². The van der Waals surface area contributed by atoms with Crippen molar-refractivity contribution in [3.63, 3.8) is 0 Å². The number of anilines is 1. The molecule has 0 amide bonds. The van der Waals surface area contributed by atoms with Gasteiger partial charge in [0.25, 0.3) is 0 Å². The number of rotatable bonds is 3. The maximum Gasteiger partial charge on any atom is 0.137 e. The Kier molecular flexibility index (Phi) is 4.25. The van der Waals surface area contributed by atoms with Gasteiger partial charge in [-0.2, -0.15) is 0 Å². The first-order chi connectivity index (χ1) is 8.97. The fraction of sp³-hybridized carbons (Fsp3) is 0.250. The van der Waals surface area contributed by atoms with Crippen molar-refractivity contribution in [1.29, 1.82) is 0 Å². The second-order valence-electron chi connectivity index (χ2n) is 4.86. The van der Waals surface area contributed by atoms with E-state index in [0.29, 0.717) is 4.47 Å². The number of halogens is 2. The lowest BCUT2D eigenvalue weighted by atomic mass is 10.1. The van der Waals surface area contributed by atoms with Crippen LogP contribution in [0.3, 0.4) is 0 Å². The Labute approximate surface area is 122 Å². The Bertz CT molecular complexity index is 608. The molecule has 0 aliphatic rings. The highest BCUT2D eigenvalue weighted by molar-refractivity contribution is 9.10. The highest BCUT2D eigenvalue weighted by Crippen LogP contribution is 2.25. The fourth-order valence-corrected chi connectivity index (χ4v) is 2.36. The Morgan fingerprint density at radius 3 is 2.53 bits per heavy atom. The van der Waals surface area contributed by atoms with Crippen molar-refractivity contribution in [3.8, 4) is 0 Å². The monoisotopic (exact) mass is 321 g/mol. The van der Waals surface area contributed by atoms with Crippen LogP contribution >= 0.6 is 15.9 Å². The zero-order valence-electron chi connectivity index (χ0n) is 11.3. The van der Waals surface area contributed by atoms with Gasteiger partial charge in [0.1, 0.15) is 5.82 Å². The number of aryl methyl sites for hydroxylation is 3. The second kappa shape index (κ2) is 5.74. The Balaban J connectivity index is 2.19. The van der Waals surface area contributed by atoms with Gasteiger partial charge in [-0.3, -0.25) is 0 Å². The summed E-state index contributed by atoms with van der Waals surface area (Å²) >= 11 is 3.22. The van der Waals surface area contributed by atoms with Crippen LogP contribution < -0.4 is 5.32 Å². The van der Waals surface area contributed by atoms with Crippen molar-refractivity contribution in [2.75, 3.05) is 5.32 Å². The van der Waals surface area contributed by atoms with E-state index in [9.17, 15) is 4.39 Å². The minimum absolute atomic E-state index is 0.227. The van der Waals surface area contributed by atoms with E-state index in [1.54, 1.807) is 6.07 Å². The van der Waals surface area contributed by atoms with Gasteiger partial charge in [0.05, 0.1) is 4.47 Å². The quantitative estimate of drug-likeness (QED) is 0.826. The van der Waals surface area contributed by atoms with Crippen LogP contribution in [0.2, 0.25) is 0 Å². The van der Waals surface area contributed by atoms with Crippen LogP contribution in [0.25, 0.3) is 0 Å². The van der Waals surface area contributed by atoms with E-state index in [1.165, 1.54) is 22.8 Å². The van der Waals surface area contributed by atoms with Crippen molar-refractivity contribution in [2.24, 2.45) is 0 Å². The highest BCUT2D eigenvalue weighted by Gasteiger charge is 2.06. The number of nitrogens with one attached hydrogen (secondary N) is 1. The molecule has 2 aromatic rings. The topological polar surface area (TPSA) is 12.0 Å². The van der Waals surface area contributed by atoms with Crippen LogP contribution in [0.15, 0.2) is 34.8 Å². The molecule has 0 saturated heterocycles. The van der Waals surface area contributed by atoms with Crippen LogP contribution in [0, 0.1) is 26.6 Å². The van der Waals surface area contributed by atoms with E-state index >= 15 is 0 Å². The van der Waals surface area contributed by atoms with Gasteiger partial charge in [0.2, 0.25) is 0 Å². The first-order valence-corrected chi connectivity index (χ1v) is 7.02. The van der Waals surface area contributed by atoms with Gasteiger partial charge < -0.3 is 5.32 Å². The van der Waals surface area contributed by atoms with Crippen LogP contribution in [-0.4, -0.2) is 0 Å². The maximum atomic E-state index is 13.4. The predicted octanol–water partition coefficient (Wildman–Crippen LogP) is 5.13. The molecule has 2 aromatic carbocycles. The summed E-state index contributed by atoms with van der Waals surface area (Å²) in [6, 6.07) is 9.74. The summed E-state index contributed by atoms with van der Waals surface area (Å²) in [6.07, 6.45) is 0. The lowest BCUT2D eigenvalue weighted by Gasteiger charge is -2.13. The molecule has 0 fully saturated rings. The first-order valence-electron chi connectivity index (χ1n) is 6.23. The zero-order valence-corrected chi connectivity index (χ0v) is 12.9. The number of hydrogen-bond donors (Lipinski definition) is 1. The lowest BCUT2D eigenvalue weighted by molar-refractivity contribution is 0.620. The zero-order chi connectivity index (χ0) is 14.0. The molecule has 3 heteroatoms. The van der Waals surface area contributed by atoms with Gasteiger partial charge in [-0.1, -0.05) is 23.8 Å². The normalized spacial score (nSPS) is 10.6. The molecule has 0 saturated carbocycles. The van der Waals surface area contributed by atoms with E-state index < -0.39 is 0 Å². The number of hydrogen-bond acceptors (Lipinski definition) is 1. The predicted molar refractivity (Wildman–Crippen MR) is 82.1 cm³/mol. The molecule has 0 bridgehead atoms. The molecule has 0 radical (unpaired) electrons. The van der Waals surface area contributed by atoms with Crippen molar-refractivity contribution < 1.29 is 4.39 Å². The molecule has 2 rings (SSSR count). The number of benzene rings is 2. The molecular formula is C16H17BrFN. The fourth-order valence-electron chi connectivity index (χ4n) is 2.02. The molecule has 1 nitrogen and oxygen atoms in total. The molecule has 1 N–H and O–H groups in total. The average Bonchev–Trinajstić information content (AvgIpc) is 2.36. The minimum atomic E-state index is -0.227. The Morgan fingerprint density at radius 2 is 1.79 bits per heavy atom. The van der Waals surface area contributed by atoms with Crippen molar-refractivity contribution in [2.45, 2.75) is 27.3 Å².